The van der Waals surface area contributed by atoms with Crippen LogP contribution in [0.4, 0.5) is 0 Å². The summed E-state index contributed by atoms with van der Waals surface area (Å²) in [5.41, 5.74) is 1.16. The van der Waals surface area contributed by atoms with E-state index in [2.05, 4.69) is 10.6 Å². The molecule has 4 heteroatoms. The van der Waals surface area contributed by atoms with Crippen LogP contribution in [0.15, 0.2) is 24.3 Å². The summed E-state index contributed by atoms with van der Waals surface area (Å²) in [6, 6.07) is 8.51. The molecule has 1 aliphatic carbocycles. The van der Waals surface area contributed by atoms with Crippen LogP contribution in [-0.2, 0) is 6.42 Å². The monoisotopic (exact) mass is 254 g/mol. The van der Waals surface area contributed by atoms with Gasteiger partial charge in [0.1, 0.15) is 0 Å². The van der Waals surface area contributed by atoms with Crippen LogP contribution in [0.1, 0.15) is 18.4 Å². The van der Waals surface area contributed by atoms with E-state index < -0.39 is 0 Å². The maximum atomic E-state index is 6.06. The van der Waals surface area contributed by atoms with Gasteiger partial charge in [-0.25, -0.2) is 0 Å². The third-order valence-electron chi connectivity index (χ3n) is 2.55. The molecule has 0 radical (unpaired) electrons. The number of rotatable bonds is 4. The molecule has 0 amide bonds. The van der Waals surface area contributed by atoms with E-state index in [1.807, 2.05) is 24.3 Å². The highest BCUT2D eigenvalue weighted by Gasteiger charge is 2.21. The third kappa shape index (κ3) is 3.65. The predicted molar refractivity (Wildman–Crippen MR) is 71.9 cm³/mol. The van der Waals surface area contributed by atoms with Crippen LogP contribution in [-0.4, -0.2) is 17.7 Å². The summed E-state index contributed by atoms with van der Waals surface area (Å²) < 4.78 is 0. The van der Waals surface area contributed by atoms with Gasteiger partial charge in [-0.05, 0) is 43.1 Å². The smallest absolute Gasteiger partial charge is 0.166 e. The zero-order chi connectivity index (χ0) is 11.4. The molecule has 0 spiro atoms. The fourth-order valence-electron chi connectivity index (χ4n) is 1.48. The first-order chi connectivity index (χ1) is 7.75. The van der Waals surface area contributed by atoms with Gasteiger partial charge in [-0.15, -0.1) is 0 Å². The Hall–Kier alpha value is -0.800. The molecule has 0 unspecified atom stereocenters. The fraction of sp³-hybridized carbons (Fsp3) is 0.417. The Bertz CT molecular complexity index is 377. The van der Waals surface area contributed by atoms with Gasteiger partial charge in [0.15, 0.2) is 5.11 Å². The van der Waals surface area contributed by atoms with Crippen molar-refractivity contribution in [3.63, 3.8) is 0 Å². The van der Waals surface area contributed by atoms with Gasteiger partial charge in [-0.2, -0.15) is 0 Å². The van der Waals surface area contributed by atoms with E-state index in [4.69, 9.17) is 23.8 Å². The second-order valence-corrected chi connectivity index (χ2v) is 4.83. The molecule has 2 N–H and O–H groups in total. The first-order valence-electron chi connectivity index (χ1n) is 5.53. The molecule has 1 aromatic carbocycles. The molecule has 1 saturated carbocycles. The predicted octanol–water partition coefficient (Wildman–Crippen LogP) is 2.51. The molecule has 0 aliphatic heterocycles. The lowest BCUT2D eigenvalue weighted by molar-refractivity contribution is 0.812. The van der Waals surface area contributed by atoms with Crippen LogP contribution in [0.3, 0.4) is 0 Å². The molecule has 0 aromatic heterocycles. The largest absolute Gasteiger partial charge is 0.362 e. The Morgan fingerprint density at radius 3 is 2.81 bits per heavy atom. The first kappa shape index (κ1) is 11.7. The molecule has 0 bridgehead atoms. The highest BCUT2D eigenvalue weighted by atomic mass is 35.5. The van der Waals surface area contributed by atoms with Crippen molar-refractivity contribution in [3.05, 3.63) is 34.9 Å². The van der Waals surface area contributed by atoms with Crippen molar-refractivity contribution in [2.75, 3.05) is 6.54 Å². The molecular formula is C12H15ClN2S. The van der Waals surface area contributed by atoms with Crippen molar-refractivity contribution in [1.82, 2.24) is 10.6 Å². The van der Waals surface area contributed by atoms with Crippen molar-refractivity contribution in [1.29, 1.82) is 0 Å². The number of thiocarbonyl (C=S) groups is 1. The Balaban J connectivity index is 1.70. The highest BCUT2D eigenvalue weighted by Crippen LogP contribution is 2.18. The zero-order valence-corrected chi connectivity index (χ0v) is 10.6. The van der Waals surface area contributed by atoms with Gasteiger partial charge in [-0.1, -0.05) is 29.8 Å². The SMILES string of the molecule is S=C(NCCc1ccccc1Cl)NC1CC1. The van der Waals surface area contributed by atoms with E-state index in [1.54, 1.807) is 0 Å². The minimum absolute atomic E-state index is 0.611. The number of hydrogen-bond donors (Lipinski definition) is 2. The summed E-state index contributed by atoms with van der Waals surface area (Å²) >= 11 is 11.2. The van der Waals surface area contributed by atoms with E-state index in [-0.39, 0.29) is 0 Å². The van der Waals surface area contributed by atoms with Crippen LogP contribution in [0.2, 0.25) is 5.02 Å². The maximum Gasteiger partial charge on any atom is 0.166 e. The van der Waals surface area contributed by atoms with Gasteiger partial charge in [0.25, 0.3) is 0 Å². The quantitative estimate of drug-likeness (QED) is 0.808. The van der Waals surface area contributed by atoms with Gasteiger partial charge in [0, 0.05) is 17.6 Å². The van der Waals surface area contributed by atoms with Crippen LogP contribution in [0.5, 0.6) is 0 Å². The lowest BCUT2D eigenvalue weighted by Crippen LogP contribution is -2.37. The van der Waals surface area contributed by atoms with Gasteiger partial charge in [-0.3, -0.25) is 0 Å². The summed E-state index contributed by atoms with van der Waals surface area (Å²) in [7, 11) is 0. The molecule has 0 saturated heterocycles. The van der Waals surface area contributed by atoms with E-state index in [0.717, 1.165) is 28.7 Å². The molecular weight excluding hydrogens is 240 g/mol. The summed E-state index contributed by atoms with van der Waals surface area (Å²) in [6.45, 7) is 0.822. The molecule has 86 valence electrons. The molecule has 16 heavy (non-hydrogen) atoms. The van der Waals surface area contributed by atoms with Crippen LogP contribution in [0, 0.1) is 0 Å². The number of benzene rings is 1. The van der Waals surface area contributed by atoms with Gasteiger partial charge < -0.3 is 10.6 Å². The van der Waals surface area contributed by atoms with Gasteiger partial charge in [0.05, 0.1) is 0 Å². The van der Waals surface area contributed by atoms with E-state index >= 15 is 0 Å². The second-order valence-electron chi connectivity index (χ2n) is 4.02. The average molecular weight is 255 g/mol. The number of halogens is 1. The van der Waals surface area contributed by atoms with E-state index in [0.29, 0.717) is 6.04 Å². The summed E-state index contributed by atoms with van der Waals surface area (Å²) in [5, 5.41) is 8.02. The average Bonchev–Trinajstić information content (AvgIpc) is 3.05. The van der Waals surface area contributed by atoms with E-state index in [1.165, 1.54) is 12.8 Å². The van der Waals surface area contributed by atoms with Crippen LogP contribution in [0.25, 0.3) is 0 Å². The fourth-order valence-corrected chi connectivity index (χ4v) is 1.97. The van der Waals surface area contributed by atoms with E-state index in [9.17, 15) is 0 Å². The Morgan fingerprint density at radius 1 is 1.38 bits per heavy atom. The molecule has 2 rings (SSSR count). The lowest BCUT2D eigenvalue weighted by atomic mass is 10.1. The summed E-state index contributed by atoms with van der Waals surface area (Å²) in [4.78, 5) is 0. The number of nitrogens with one attached hydrogen (secondary N) is 2. The van der Waals surface area contributed by atoms with Crippen molar-refractivity contribution in [3.8, 4) is 0 Å². The molecule has 0 atom stereocenters. The van der Waals surface area contributed by atoms with Crippen LogP contribution < -0.4 is 10.6 Å². The summed E-state index contributed by atoms with van der Waals surface area (Å²) in [5.74, 6) is 0. The molecule has 1 aromatic rings. The standard InChI is InChI=1S/C12H15ClN2S/c13-11-4-2-1-3-9(11)7-8-14-12(16)15-10-5-6-10/h1-4,10H,5-8H2,(H2,14,15,16). The normalized spacial score (nSPS) is 14.6. The molecule has 1 fully saturated rings. The Morgan fingerprint density at radius 2 is 2.12 bits per heavy atom. The molecule has 0 heterocycles. The Labute approximate surface area is 106 Å². The third-order valence-corrected chi connectivity index (χ3v) is 3.18. The van der Waals surface area contributed by atoms with Crippen molar-refractivity contribution >= 4 is 28.9 Å². The van der Waals surface area contributed by atoms with Crippen molar-refractivity contribution < 1.29 is 0 Å². The van der Waals surface area contributed by atoms with Gasteiger partial charge >= 0.3 is 0 Å². The second kappa shape index (κ2) is 5.51. The minimum Gasteiger partial charge on any atom is -0.362 e. The van der Waals surface area contributed by atoms with Crippen LogP contribution >= 0.6 is 23.8 Å². The highest BCUT2D eigenvalue weighted by molar-refractivity contribution is 7.80. The first-order valence-corrected chi connectivity index (χ1v) is 6.32. The summed E-state index contributed by atoms with van der Waals surface area (Å²) in [6.07, 6.45) is 3.38. The zero-order valence-electron chi connectivity index (χ0n) is 9.00. The van der Waals surface area contributed by atoms with Crippen molar-refractivity contribution in [2.45, 2.75) is 25.3 Å². The molecule has 1 aliphatic rings. The van der Waals surface area contributed by atoms with Crippen molar-refractivity contribution in [2.24, 2.45) is 0 Å². The lowest BCUT2D eigenvalue weighted by Gasteiger charge is -2.09. The number of hydrogen-bond acceptors (Lipinski definition) is 1. The minimum atomic E-state index is 0.611. The van der Waals surface area contributed by atoms with Gasteiger partial charge in [0.2, 0.25) is 0 Å². The maximum absolute atomic E-state index is 6.06. The molecule has 2 nitrogen and oxygen atoms in total. The Kier molecular flexibility index (Phi) is 4.02. The topological polar surface area (TPSA) is 24.1 Å².